The van der Waals surface area contributed by atoms with Crippen LogP contribution >= 0.6 is 0 Å². The van der Waals surface area contributed by atoms with E-state index in [0.29, 0.717) is 5.56 Å². The first-order valence-corrected chi connectivity index (χ1v) is 7.18. The number of rotatable bonds is 6. The minimum atomic E-state index is -0.616. The number of hydrogen-bond donors (Lipinski definition) is 0. The Bertz CT molecular complexity index is 946. The quantitative estimate of drug-likeness (QED) is 0.335. The van der Waals surface area contributed by atoms with Crippen LogP contribution in [0.4, 0.5) is 11.4 Å². The Hall–Kier alpha value is -3.93. The molecule has 26 heavy (non-hydrogen) atoms. The van der Waals surface area contributed by atoms with Crippen LogP contribution in [-0.2, 0) is 0 Å². The summed E-state index contributed by atoms with van der Waals surface area (Å²) in [7, 11) is 2.67. The molecular formula is C17H13N3O6. The van der Waals surface area contributed by atoms with E-state index >= 15 is 0 Å². The van der Waals surface area contributed by atoms with Gasteiger partial charge in [-0.3, -0.25) is 20.2 Å². The molecule has 0 unspecified atom stereocenters. The highest BCUT2D eigenvalue weighted by Gasteiger charge is 2.19. The molecule has 9 nitrogen and oxygen atoms in total. The van der Waals surface area contributed by atoms with Gasteiger partial charge in [0.2, 0.25) is 5.75 Å². The lowest BCUT2D eigenvalue weighted by molar-refractivity contribution is -0.385. The van der Waals surface area contributed by atoms with Gasteiger partial charge in [0.25, 0.3) is 5.69 Å². The zero-order chi connectivity index (χ0) is 19.3. The smallest absolute Gasteiger partial charge is 0.311 e. The third-order valence-electron chi connectivity index (χ3n) is 3.52. The molecule has 0 aliphatic rings. The van der Waals surface area contributed by atoms with Crippen molar-refractivity contribution in [1.29, 1.82) is 5.26 Å². The van der Waals surface area contributed by atoms with Gasteiger partial charge in [-0.1, -0.05) is 12.1 Å². The van der Waals surface area contributed by atoms with Crippen LogP contribution < -0.4 is 9.47 Å². The molecule has 0 heterocycles. The van der Waals surface area contributed by atoms with E-state index in [1.165, 1.54) is 56.7 Å². The molecule has 0 aromatic heterocycles. The fourth-order valence-corrected chi connectivity index (χ4v) is 2.28. The van der Waals surface area contributed by atoms with Crippen molar-refractivity contribution in [3.63, 3.8) is 0 Å². The van der Waals surface area contributed by atoms with Gasteiger partial charge in [-0.25, -0.2) is 0 Å². The lowest BCUT2D eigenvalue weighted by Gasteiger charge is -2.09. The van der Waals surface area contributed by atoms with Gasteiger partial charge in [-0.2, -0.15) is 5.26 Å². The highest BCUT2D eigenvalue weighted by Crippen LogP contribution is 2.36. The molecule has 2 aromatic carbocycles. The maximum atomic E-state index is 11.2. The highest BCUT2D eigenvalue weighted by atomic mass is 16.6. The molecule has 0 aliphatic carbocycles. The lowest BCUT2D eigenvalue weighted by atomic mass is 10.0. The number of benzene rings is 2. The summed E-state index contributed by atoms with van der Waals surface area (Å²) >= 11 is 0. The van der Waals surface area contributed by atoms with Crippen LogP contribution in [0.1, 0.15) is 11.1 Å². The summed E-state index contributed by atoms with van der Waals surface area (Å²) in [6, 6.07) is 10.0. The van der Waals surface area contributed by atoms with Gasteiger partial charge in [-0.05, 0) is 11.6 Å². The molecule has 0 amide bonds. The van der Waals surface area contributed by atoms with Crippen molar-refractivity contribution < 1.29 is 19.3 Å². The molecule has 0 spiro atoms. The van der Waals surface area contributed by atoms with Crippen molar-refractivity contribution in [2.24, 2.45) is 0 Å². The Morgan fingerprint density at radius 2 is 1.77 bits per heavy atom. The monoisotopic (exact) mass is 355 g/mol. The number of non-ortho nitro benzene ring substituents is 1. The minimum absolute atomic E-state index is 0.0119. The fraction of sp³-hybridized carbons (Fsp3) is 0.118. The SMILES string of the molecule is COc1cc(OC)c([N+](=O)[O-])cc1/C=C(/C#N)c1cccc([N+](=O)[O-])c1. The van der Waals surface area contributed by atoms with Gasteiger partial charge in [0.1, 0.15) is 5.75 Å². The normalized spacial score (nSPS) is 10.7. The number of nitrogens with zero attached hydrogens (tertiary/aromatic N) is 3. The zero-order valence-electron chi connectivity index (χ0n) is 13.8. The third-order valence-corrected chi connectivity index (χ3v) is 3.52. The van der Waals surface area contributed by atoms with Crippen LogP contribution in [0, 0.1) is 31.6 Å². The second-order valence-corrected chi connectivity index (χ2v) is 5.00. The van der Waals surface area contributed by atoms with E-state index < -0.39 is 9.85 Å². The van der Waals surface area contributed by atoms with Crippen LogP contribution in [0.25, 0.3) is 11.6 Å². The van der Waals surface area contributed by atoms with Crippen molar-refractivity contribution in [3.05, 3.63) is 67.8 Å². The number of methoxy groups -OCH3 is 2. The Labute approximate surface area is 148 Å². The zero-order valence-corrected chi connectivity index (χ0v) is 13.8. The Morgan fingerprint density at radius 1 is 1.08 bits per heavy atom. The summed E-state index contributed by atoms with van der Waals surface area (Å²) in [5, 5.41) is 31.5. The molecular weight excluding hydrogens is 342 g/mol. The Kier molecular flexibility index (Phi) is 5.49. The standard InChI is InChI=1S/C17H13N3O6/c1-25-16-9-17(26-2)15(20(23)24)8-12(16)6-13(10-18)11-4-3-5-14(7-11)19(21)22/h3-9H,1-2H3/b13-6-. The lowest BCUT2D eigenvalue weighted by Crippen LogP contribution is -1.97. The first-order valence-electron chi connectivity index (χ1n) is 7.18. The molecule has 0 fully saturated rings. The molecule has 132 valence electrons. The molecule has 0 radical (unpaired) electrons. The second-order valence-electron chi connectivity index (χ2n) is 5.00. The van der Waals surface area contributed by atoms with Crippen LogP contribution in [0.3, 0.4) is 0 Å². The number of allylic oxidation sites excluding steroid dienone is 1. The molecule has 0 saturated carbocycles. The largest absolute Gasteiger partial charge is 0.496 e. The van der Waals surface area contributed by atoms with E-state index in [2.05, 4.69) is 0 Å². The van der Waals surface area contributed by atoms with Gasteiger partial charge < -0.3 is 9.47 Å². The first kappa shape index (κ1) is 18.4. The summed E-state index contributed by atoms with van der Waals surface area (Å²) in [5.41, 5.74) is 0.198. The molecule has 0 bridgehead atoms. The molecule has 0 atom stereocenters. The number of hydrogen-bond acceptors (Lipinski definition) is 7. The average Bonchev–Trinajstić information content (AvgIpc) is 2.65. The molecule has 0 N–H and O–H groups in total. The van der Waals surface area contributed by atoms with Crippen molar-refractivity contribution in [1.82, 2.24) is 0 Å². The van der Waals surface area contributed by atoms with E-state index in [4.69, 9.17) is 9.47 Å². The molecule has 2 aromatic rings. The molecule has 0 aliphatic heterocycles. The summed E-state index contributed by atoms with van der Waals surface area (Å²) in [4.78, 5) is 20.9. The summed E-state index contributed by atoms with van der Waals surface area (Å²) in [6.45, 7) is 0. The van der Waals surface area contributed by atoms with E-state index in [0.717, 1.165) is 0 Å². The molecule has 9 heteroatoms. The van der Waals surface area contributed by atoms with Gasteiger partial charge in [-0.15, -0.1) is 0 Å². The van der Waals surface area contributed by atoms with Gasteiger partial charge in [0.15, 0.2) is 0 Å². The predicted octanol–water partition coefficient (Wildman–Crippen LogP) is 3.58. The Morgan fingerprint density at radius 3 is 2.31 bits per heavy atom. The van der Waals surface area contributed by atoms with E-state index in [1.807, 2.05) is 6.07 Å². The van der Waals surface area contributed by atoms with Crippen LogP contribution in [0.2, 0.25) is 0 Å². The van der Waals surface area contributed by atoms with Crippen molar-refractivity contribution >= 4 is 23.0 Å². The second kappa shape index (κ2) is 7.76. The Balaban J connectivity index is 2.64. The van der Waals surface area contributed by atoms with Gasteiger partial charge in [0.05, 0.1) is 35.7 Å². The van der Waals surface area contributed by atoms with E-state index in [1.54, 1.807) is 0 Å². The number of nitro benzene ring substituents is 2. The van der Waals surface area contributed by atoms with Crippen LogP contribution in [0.15, 0.2) is 36.4 Å². The van der Waals surface area contributed by atoms with Crippen LogP contribution in [-0.4, -0.2) is 24.1 Å². The topological polar surface area (TPSA) is 129 Å². The van der Waals surface area contributed by atoms with Crippen molar-refractivity contribution in [3.8, 4) is 17.6 Å². The average molecular weight is 355 g/mol. The first-order chi connectivity index (χ1) is 12.4. The van der Waals surface area contributed by atoms with Crippen LogP contribution in [0.5, 0.6) is 11.5 Å². The van der Waals surface area contributed by atoms with Crippen molar-refractivity contribution in [2.75, 3.05) is 14.2 Å². The van der Waals surface area contributed by atoms with E-state index in [9.17, 15) is 25.5 Å². The maximum Gasteiger partial charge on any atom is 0.311 e. The summed E-state index contributed by atoms with van der Waals surface area (Å²) in [6.07, 6.45) is 1.37. The van der Waals surface area contributed by atoms with E-state index in [-0.39, 0.29) is 34.0 Å². The fourth-order valence-electron chi connectivity index (χ4n) is 2.28. The summed E-state index contributed by atoms with van der Waals surface area (Å²) < 4.78 is 10.2. The summed E-state index contributed by atoms with van der Waals surface area (Å²) in [5.74, 6) is 0.267. The third kappa shape index (κ3) is 3.76. The van der Waals surface area contributed by atoms with Crippen molar-refractivity contribution in [2.45, 2.75) is 0 Å². The highest BCUT2D eigenvalue weighted by molar-refractivity contribution is 5.91. The molecule has 2 rings (SSSR count). The predicted molar refractivity (Wildman–Crippen MR) is 92.8 cm³/mol. The molecule has 0 saturated heterocycles. The van der Waals surface area contributed by atoms with Gasteiger partial charge >= 0.3 is 5.69 Å². The number of nitro groups is 2. The number of ether oxygens (including phenoxy) is 2. The van der Waals surface area contributed by atoms with Gasteiger partial charge in [0, 0.05) is 29.8 Å². The number of nitriles is 1. The minimum Gasteiger partial charge on any atom is -0.496 e. The maximum absolute atomic E-state index is 11.2.